The van der Waals surface area contributed by atoms with Crippen LogP contribution in [0.3, 0.4) is 0 Å². The summed E-state index contributed by atoms with van der Waals surface area (Å²) in [5.41, 5.74) is 1.82. The average Bonchev–Trinajstić information content (AvgIpc) is 2.56. The average molecular weight is 291 g/mol. The van der Waals surface area contributed by atoms with Gasteiger partial charge in [0.15, 0.2) is 0 Å². The minimum atomic E-state index is -0.464. The van der Waals surface area contributed by atoms with Gasteiger partial charge in [-0.25, -0.2) is 0 Å². The number of fused-ring (bicyclic) bond motifs is 1. The van der Waals surface area contributed by atoms with E-state index in [4.69, 9.17) is 0 Å². The van der Waals surface area contributed by atoms with Crippen molar-refractivity contribution in [2.45, 2.75) is 12.3 Å². The van der Waals surface area contributed by atoms with Gasteiger partial charge in [0.05, 0.1) is 12.5 Å². The van der Waals surface area contributed by atoms with Crippen molar-refractivity contribution < 1.29 is 9.90 Å². The second-order valence-electron chi connectivity index (χ2n) is 5.35. The summed E-state index contributed by atoms with van der Waals surface area (Å²) < 4.78 is 0. The predicted molar refractivity (Wildman–Crippen MR) is 86.7 cm³/mol. The molecule has 1 atom stereocenters. The summed E-state index contributed by atoms with van der Waals surface area (Å²) in [6, 6.07) is 17.3. The molecule has 3 rings (SSSR count). The highest BCUT2D eigenvalue weighted by atomic mass is 16.3. The molecule has 3 aromatic rings. The van der Waals surface area contributed by atoms with Crippen molar-refractivity contribution in [2.75, 3.05) is 6.61 Å². The van der Waals surface area contributed by atoms with E-state index in [2.05, 4.69) is 4.98 Å². The summed E-state index contributed by atoms with van der Waals surface area (Å²) >= 11 is 0. The molecule has 0 aliphatic heterocycles. The van der Waals surface area contributed by atoms with Gasteiger partial charge in [-0.2, -0.15) is 0 Å². The normalized spacial score (nSPS) is 12.2. The first-order chi connectivity index (χ1) is 10.8. The van der Waals surface area contributed by atoms with Crippen LogP contribution < -0.4 is 0 Å². The Hall–Kier alpha value is -2.52. The second-order valence-corrected chi connectivity index (χ2v) is 5.35. The maximum Gasteiger partial charge on any atom is 0.147 e. The van der Waals surface area contributed by atoms with Crippen LogP contribution >= 0.6 is 0 Å². The Morgan fingerprint density at radius 3 is 2.64 bits per heavy atom. The zero-order valence-corrected chi connectivity index (χ0v) is 12.1. The van der Waals surface area contributed by atoms with Crippen molar-refractivity contribution in [1.29, 1.82) is 0 Å². The van der Waals surface area contributed by atoms with Gasteiger partial charge in [-0.15, -0.1) is 0 Å². The lowest BCUT2D eigenvalue weighted by Gasteiger charge is -2.13. The number of carbonyl (C=O) groups excluding carboxylic acids is 1. The molecule has 1 heterocycles. The van der Waals surface area contributed by atoms with Crippen LogP contribution in [0.2, 0.25) is 0 Å². The fourth-order valence-corrected chi connectivity index (χ4v) is 2.65. The summed E-state index contributed by atoms with van der Waals surface area (Å²) in [6.45, 7) is -0.166. The lowest BCUT2D eigenvalue weighted by atomic mass is 9.91. The number of carbonyl (C=O) groups is 1. The molecule has 22 heavy (non-hydrogen) atoms. The summed E-state index contributed by atoms with van der Waals surface area (Å²) in [7, 11) is 0. The molecule has 3 nitrogen and oxygen atoms in total. The number of rotatable bonds is 5. The van der Waals surface area contributed by atoms with Gasteiger partial charge in [0.25, 0.3) is 0 Å². The Balaban J connectivity index is 1.82. The van der Waals surface area contributed by atoms with Gasteiger partial charge in [0.1, 0.15) is 5.78 Å². The Morgan fingerprint density at radius 2 is 1.86 bits per heavy atom. The largest absolute Gasteiger partial charge is 0.395 e. The van der Waals surface area contributed by atoms with Gasteiger partial charge < -0.3 is 5.11 Å². The molecule has 0 amide bonds. The maximum atomic E-state index is 12.5. The summed E-state index contributed by atoms with van der Waals surface area (Å²) in [4.78, 5) is 16.6. The molecule has 0 radical (unpaired) electrons. The van der Waals surface area contributed by atoms with E-state index in [1.807, 2.05) is 54.6 Å². The van der Waals surface area contributed by atoms with E-state index >= 15 is 0 Å². The molecule has 3 heteroatoms. The lowest BCUT2D eigenvalue weighted by Crippen LogP contribution is -2.18. The Kier molecular flexibility index (Phi) is 4.26. The van der Waals surface area contributed by atoms with E-state index in [1.54, 1.807) is 12.4 Å². The first-order valence-corrected chi connectivity index (χ1v) is 7.29. The summed E-state index contributed by atoms with van der Waals surface area (Å²) in [5.74, 6) is -0.434. The number of aliphatic hydroxyl groups is 1. The highest BCUT2D eigenvalue weighted by molar-refractivity contribution is 5.89. The van der Waals surface area contributed by atoms with Crippen molar-refractivity contribution in [2.24, 2.45) is 0 Å². The van der Waals surface area contributed by atoms with E-state index in [0.717, 1.165) is 21.9 Å². The predicted octanol–water partition coefficient (Wildman–Crippen LogP) is 3.12. The van der Waals surface area contributed by atoms with Gasteiger partial charge in [-0.05, 0) is 22.6 Å². The van der Waals surface area contributed by atoms with Crippen LogP contribution in [0.5, 0.6) is 0 Å². The third-order valence-corrected chi connectivity index (χ3v) is 3.86. The molecule has 1 aromatic heterocycles. The van der Waals surface area contributed by atoms with Crippen molar-refractivity contribution in [3.8, 4) is 0 Å². The number of hydrogen-bond donors (Lipinski definition) is 1. The number of Topliss-reactive ketones (excluding diaryl/α,β-unsaturated/α-hetero) is 1. The number of hydrogen-bond acceptors (Lipinski definition) is 3. The number of aliphatic hydroxyl groups excluding tert-OH is 1. The fourth-order valence-electron chi connectivity index (χ4n) is 2.65. The highest BCUT2D eigenvalue weighted by Crippen LogP contribution is 2.20. The first-order valence-electron chi connectivity index (χ1n) is 7.29. The van der Waals surface area contributed by atoms with Crippen molar-refractivity contribution in [3.05, 3.63) is 78.1 Å². The Bertz CT molecular complexity index is 784. The molecule has 0 aliphatic carbocycles. The Labute approximate surface area is 129 Å². The van der Waals surface area contributed by atoms with E-state index < -0.39 is 5.92 Å². The van der Waals surface area contributed by atoms with Gasteiger partial charge in [0.2, 0.25) is 0 Å². The van der Waals surface area contributed by atoms with Crippen molar-refractivity contribution in [1.82, 2.24) is 4.98 Å². The quantitative estimate of drug-likeness (QED) is 0.785. The molecule has 1 N–H and O–H groups in total. The third kappa shape index (κ3) is 3.05. The molecule has 0 saturated carbocycles. The number of ketones is 1. The molecule has 2 aromatic carbocycles. The number of pyridine rings is 1. The first kappa shape index (κ1) is 14.4. The van der Waals surface area contributed by atoms with Crippen LogP contribution in [0, 0.1) is 0 Å². The van der Waals surface area contributed by atoms with Crippen LogP contribution in [-0.2, 0) is 11.2 Å². The van der Waals surface area contributed by atoms with Crippen molar-refractivity contribution >= 4 is 16.6 Å². The molecular weight excluding hydrogens is 274 g/mol. The minimum Gasteiger partial charge on any atom is -0.395 e. The van der Waals surface area contributed by atoms with Crippen LogP contribution in [0.15, 0.2) is 67.0 Å². The monoisotopic (exact) mass is 291 g/mol. The fraction of sp³-hybridized carbons (Fsp3) is 0.158. The molecule has 0 bridgehead atoms. The molecule has 110 valence electrons. The van der Waals surface area contributed by atoms with Crippen molar-refractivity contribution in [3.63, 3.8) is 0 Å². The third-order valence-electron chi connectivity index (χ3n) is 3.86. The van der Waals surface area contributed by atoms with E-state index in [-0.39, 0.29) is 12.4 Å². The van der Waals surface area contributed by atoms with Gasteiger partial charge in [0, 0.05) is 24.2 Å². The number of nitrogens with zero attached hydrogens (tertiary/aromatic N) is 1. The van der Waals surface area contributed by atoms with Crippen LogP contribution in [0.25, 0.3) is 10.8 Å². The molecule has 0 fully saturated rings. The van der Waals surface area contributed by atoms with Gasteiger partial charge in [-0.1, -0.05) is 48.5 Å². The van der Waals surface area contributed by atoms with Crippen LogP contribution in [0.1, 0.15) is 17.0 Å². The number of benzene rings is 2. The van der Waals surface area contributed by atoms with Gasteiger partial charge in [-0.3, -0.25) is 9.78 Å². The van der Waals surface area contributed by atoms with E-state index in [9.17, 15) is 9.90 Å². The van der Waals surface area contributed by atoms with Crippen LogP contribution in [-0.4, -0.2) is 22.5 Å². The molecule has 0 aliphatic rings. The SMILES string of the molecule is O=C(Cc1ccc2cnccc2c1)C(CO)c1ccccc1. The Morgan fingerprint density at radius 1 is 1.05 bits per heavy atom. The standard InChI is InChI=1S/C19H17NO2/c21-13-18(15-4-2-1-3-5-15)19(22)11-14-6-7-17-12-20-9-8-16(17)10-14/h1-10,12,18,21H,11,13H2. The smallest absolute Gasteiger partial charge is 0.147 e. The zero-order chi connectivity index (χ0) is 15.4. The number of aromatic nitrogens is 1. The molecule has 0 spiro atoms. The molecular formula is C19H17NO2. The van der Waals surface area contributed by atoms with Gasteiger partial charge >= 0.3 is 0 Å². The minimum absolute atomic E-state index is 0.0297. The molecule has 0 saturated heterocycles. The zero-order valence-electron chi connectivity index (χ0n) is 12.1. The topological polar surface area (TPSA) is 50.2 Å². The maximum absolute atomic E-state index is 12.5. The highest BCUT2D eigenvalue weighted by Gasteiger charge is 2.19. The molecule has 1 unspecified atom stereocenters. The second kappa shape index (κ2) is 6.50. The van der Waals surface area contributed by atoms with Crippen LogP contribution in [0.4, 0.5) is 0 Å². The van der Waals surface area contributed by atoms with E-state index in [0.29, 0.717) is 6.42 Å². The lowest BCUT2D eigenvalue weighted by molar-refractivity contribution is -0.120. The summed E-state index contributed by atoms with van der Waals surface area (Å²) in [6.07, 6.45) is 3.87. The summed E-state index contributed by atoms with van der Waals surface area (Å²) in [5, 5.41) is 11.7. The van der Waals surface area contributed by atoms with E-state index in [1.165, 1.54) is 0 Å².